The van der Waals surface area contributed by atoms with Gasteiger partial charge in [-0.3, -0.25) is 10.1 Å². The smallest absolute Gasteiger partial charge is 0.276 e. The third kappa shape index (κ3) is 4.07. The molecule has 0 aliphatic carbocycles. The number of nitrogens with zero attached hydrogens (tertiary/aromatic N) is 1. The lowest BCUT2D eigenvalue weighted by molar-refractivity contribution is -0.385. The predicted molar refractivity (Wildman–Crippen MR) is 82.4 cm³/mol. The van der Waals surface area contributed by atoms with Crippen LogP contribution in [0.15, 0.2) is 12.1 Å². The molecule has 1 aromatic carbocycles. The van der Waals surface area contributed by atoms with E-state index < -0.39 is 0 Å². The Morgan fingerprint density at radius 1 is 1.24 bits per heavy atom. The Morgan fingerprint density at radius 3 is 2.29 bits per heavy atom. The average Bonchev–Trinajstić information content (AvgIpc) is 2.50. The van der Waals surface area contributed by atoms with Crippen LogP contribution in [0.4, 0.5) is 5.69 Å². The highest BCUT2D eigenvalue weighted by atomic mass is 16.6. The van der Waals surface area contributed by atoms with Crippen molar-refractivity contribution in [2.75, 3.05) is 20.8 Å². The summed E-state index contributed by atoms with van der Waals surface area (Å²) in [5.41, 5.74) is 0.707. The van der Waals surface area contributed by atoms with Gasteiger partial charge in [0.15, 0.2) is 11.5 Å². The molecular formula is C15H24N2O4. The maximum Gasteiger partial charge on any atom is 0.276 e. The molecule has 0 aromatic heterocycles. The van der Waals surface area contributed by atoms with E-state index in [4.69, 9.17) is 9.47 Å². The highest BCUT2D eigenvalue weighted by Crippen LogP contribution is 2.38. The fourth-order valence-electron chi connectivity index (χ4n) is 2.22. The van der Waals surface area contributed by atoms with E-state index in [1.165, 1.54) is 20.3 Å². The summed E-state index contributed by atoms with van der Waals surface area (Å²) in [6.07, 6.45) is 1.02. The summed E-state index contributed by atoms with van der Waals surface area (Å²) < 4.78 is 10.4. The summed E-state index contributed by atoms with van der Waals surface area (Å²) in [6.45, 7) is 6.97. The minimum atomic E-state index is -0.375. The first kappa shape index (κ1) is 17.2. The van der Waals surface area contributed by atoms with Crippen molar-refractivity contribution >= 4 is 5.69 Å². The van der Waals surface area contributed by atoms with Crippen molar-refractivity contribution in [3.05, 3.63) is 27.8 Å². The van der Waals surface area contributed by atoms with Gasteiger partial charge in [-0.2, -0.15) is 0 Å². The van der Waals surface area contributed by atoms with Gasteiger partial charge < -0.3 is 14.8 Å². The number of methoxy groups -OCH3 is 2. The van der Waals surface area contributed by atoms with E-state index >= 15 is 0 Å². The topological polar surface area (TPSA) is 73.6 Å². The molecule has 0 saturated carbocycles. The van der Waals surface area contributed by atoms with Crippen LogP contribution < -0.4 is 14.8 Å². The lowest BCUT2D eigenvalue weighted by Crippen LogP contribution is -2.31. The van der Waals surface area contributed by atoms with Crippen LogP contribution >= 0.6 is 0 Å². The SMILES string of the molecule is CCCNC(C)C(C)c1cc(OC)c(OC)cc1[N+](=O)[O-]. The van der Waals surface area contributed by atoms with E-state index in [1.807, 2.05) is 13.8 Å². The molecule has 118 valence electrons. The van der Waals surface area contributed by atoms with Crippen LogP contribution in [0.25, 0.3) is 0 Å². The molecule has 1 rings (SSSR count). The molecule has 2 unspecified atom stereocenters. The largest absolute Gasteiger partial charge is 0.493 e. The number of ether oxygens (including phenoxy) is 2. The van der Waals surface area contributed by atoms with Crippen LogP contribution in [0.3, 0.4) is 0 Å². The Kier molecular flexibility index (Phi) is 6.42. The van der Waals surface area contributed by atoms with Gasteiger partial charge in [-0.1, -0.05) is 13.8 Å². The van der Waals surface area contributed by atoms with Crippen molar-refractivity contribution in [1.29, 1.82) is 0 Å². The molecule has 1 aromatic rings. The quantitative estimate of drug-likeness (QED) is 0.589. The second kappa shape index (κ2) is 7.83. The van der Waals surface area contributed by atoms with Gasteiger partial charge in [0.05, 0.1) is 25.2 Å². The Balaban J connectivity index is 3.22. The van der Waals surface area contributed by atoms with Crippen molar-refractivity contribution in [3.8, 4) is 11.5 Å². The number of hydrogen-bond acceptors (Lipinski definition) is 5. The van der Waals surface area contributed by atoms with E-state index in [2.05, 4.69) is 12.2 Å². The van der Waals surface area contributed by atoms with Gasteiger partial charge in [0.25, 0.3) is 5.69 Å². The third-order valence-electron chi connectivity index (χ3n) is 3.69. The number of nitrogens with one attached hydrogen (secondary N) is 1. The fourth-order valence-corrected chi connectivity index (χ4v) is 2.22. The van der Waals surface area contributed by atoms with Gasteiger partial charge in [-0.15, -0.1) is 0 Å². The maximum absolute atomic E-state index is 11.3. The first-order valence-electron chi connectivity index (χ1n) is 7.09. The normalized spacial score (nSPS) is 13.6. The molecule has 0 radical (unpaired) electrons. The number of nitro benzene ring substituents is 1. The number of hydrogen-bond donors (Lipinski definition) is 1. The van der Waals surface area contributed by atoms with Crippen molar-refractivity contribution < 1.29 is 14.4 Å². The molecule has 1 N–H and O–H groups in total. The van der Waals surface area contributed by atoms with E-state index in [0.29, 0.717) is 17.1 Å². The molecule has 0 aliphatic heterocycles. The Hall–Kier alpha value is -1.82. The van der Waals surface area contributed by atoms with Crippen LogP contribution in [0.1, 0.15) is 38.7 Å². The van der Waals surface area contributed by atoms with Gasteiger partial charge in [-0.25, -0.2) is 0 Å². The first-order valence-corrected chi connectivity index (χ1v) is 7.09. The number of rotatable bonds is 8. The summed E-state index contributed by atoms with van der Waals surface area (Å²) in [6, 6.07) is 3.25. The summed E-state index contributed by atoms with van der Waals surface area (Å²) >= 11 is 0. The minimum absolute atomic E-state index is 0.0169. The molecule has 6 nitrogen and oxygen atoms in total. The van der Waals surface area contributed by atoms with Gasteiger partial charge >= 0.3 is 0 Å². The van der Waals surface area contributed by atoms with E-state index in [-0.39, 0.29) is 22.6 Å². The second-order valence-electron chi connectivity index (χ2n) is 5.05. The molecular weight excluding hydrogens is 272 g/mol. The Labute approximate surface area is 125 Å². The highest BCUT2D eigenvalue weighted by molar-refractivity contribution is 5.55. The van der Waals surface area contributed by atoms with E-state index in [0.717, 1.165) is 13.0 Å². The van der Waals surface area contributed by atoms with Crippen LogP contribution in [-0.2, 0) is 0 Å². The predicted octanol–water partition coefficient (Wildman–Crippen LogP) is 3.10. The Bertz CT molecular complexity index is 491. The van der Waals surface area contributed by atoms with Crippen LogP contribution in [0.5, 0.6) is 11.5 Å². The zero-order valence-electron chi connectivity index (χ0n) is 13.3. The molecule has 0 aliphatic rings. The molecule has 0 bridgehead atoms. The second-order valence-corrected chi connectivity index (χ2v) is 5.05. The number of nitro groups is 1. The molecule has 0 heterocycles. The van der Waals surface area contributed by atoms with Crippen molar-refractivity contribution in [3.63, 3.8) is 0 Å². The minimum Gasteiger partial charge on any atom is -0.493 e. The lowest BCUT2D eigenvalue weighted by Gasteiger charge is -2.22. The van der Waals surface area contributed by atoms with E-state index in [9.17, 15) is 10.1 Å². The molecule has 2 atom stereocenters. The molecule has 6 heteroatoms. The average molecular weight is 296 g/mol. The zero-order chi connectivity index (χ0) is 16.0. The van der Waals surface area contributed by atoms with Gasteiger partial charge in [-0.05, 0) is 26.0 Å². The summed E-state index contributed by atoms with van der Waals surface area (Å²) in [7, 11) is 2.99. The molecule has 0 fully saturated rings. The van der Waals surface area contributed by atoms with Crippen LogP contribution in [-0.4, -0.2) is 31.7 Å². The monoisotopic (exact) mass is 296 g/mol. The zero-order valence-corrected chi connectivity index (χ0v) is 13.3. The summed E-state index contributed by atoms with van der Waals surface area (Å²) in [5.74, 6) is 0.860. The number of benzene rings is 1. The standard InChI is InChI=1S/C15H24N2O4/c1-6-7-16-11(3)10(2)12-8-14(20-4)15(21-5)9-13(12)17(18)19/h8-11,16H,6-7H2,1-5H3. The van der Waals surface area contributed by atoms with Crippen molar-refractivity contribution in [1.82, 2.24) is 5.32 Å². The third-order valence-corrected chi connectivity index (χ3v) is 3.69. The molecule has 0 saturated heterocycles. The van der Waals surface area contributed by atoms with Crippen LogP contribution in [0.2, 0.25) is 0 Å². The molecule has 0 spiro atoms. The van der Waals surface area contributed by atoms with Gasteiger partial charge in [0, 0.05) is 17.5 Å². The summed E-state index contributed by atoms with van der Waals surface area (Å²) in [5, 5.41) is 14.7. The maximum atomic E-state index is 11.3. The first-order chi connectivity index (χ1) is 9.96. The molecule has 0 amide bonds. The van der Waals surface area contributed by atoms with Crippen molar-refractivity contribution in [2.24, 2.45) is 0 Å². The summed E-state index contributed by atoms with van der Waals surface area (Å²) in [4.78, 5) is 10.9. The Morgan fingerprint density at radius 2 is 1.81 bits per heavy atom. The van der Waals surface area contributed by atoms with Gasteiger partial charge in [0.1, 0.15) is 0 Å². The molecule has 21 heavy (non-hydrogen) atoms. The van der Waals surface area contributed by atoms with E-state index in [1.54, 1.807) is 6.07 Å². The van der Waals surface area contributed by atoms with Gasteiger partial charge in [0.2, 0.25) is 0 Å². The fraction of sp³-hybridized carbons (Fsp3) is 0.600. The highest BCUT2D eigenvalue weighted by Gasteiger charge is 2.26. The van der Waals surface area contributed by atoms with Crippen molar-refractivity contribution in [2.45, 2.75) is 39.2 Å². The van der Waals surface area contributed by atoms with Crippen LogP contribution in [0, 0.1) is 10.1 Å². The lowest BCUT2D eigenvalue weighted by atomic mass is 9.92.